The molecule has 2 saturated heterocycles. The fraction of sp³-hybridized carbons (Fsp3) is 0.600. The molecule has 1 spiro atoms. The average molecular weight is 484 g/mol. The number of anilines is 1. The maximum absolute atomic E-state index is 6.13. The first-order chi connectivity index (χ1) is 15.9. The summed E-state index contributed by atoms with van der Waals surface area (Å²) in [7, 11) is -1.11. The van der Waals surface area contributed by atoms with Gasteiger partial charge in [-0.25, -0.2) is 4.98 Å². The number of fused-ring (bicyclic) bond motifs is 1. The van der Waals surface area contributed by atoms with Crippen LogP contribution >= 0.6 is 11.5 Å². The lowest BCUT2D eigenvalue weighted by atomic mass is 9.81. The summed E-state index contributed by atoms with van der Waals surface area (Å²) in [4.78, 5) is 7.42. The van der Waals surface area contributed by atoms with Crippen LogP contribution in [0.2, 0.25) is 25.7 Å². The molecule has 178 valence electrons. The summed E-state index contributed by atoms with van der Waals surface area (Å²) in [6, 6.07) is 5.50. The Labute approximate surface area is 202 Å². The second kappa shape index (κ2) is 9.48. The third kappa shape index (κ3) is 5.04. The van der Waals surface area contributed by atoms with E-state index in [0.29, 0.717) is 6.73 Å². The van der Waals surface area contributed by atoms with Gasteiger partial charge in [-0.1, -0.05) is 26.1 Å². The Morgan fingerprint density at radius 3 is 2.82 bits per heavy atom. The minimum Gasteiger partial charge on any atom is -0.369 e. The summed E-state index contributed by atoms with van der Waals surface area (Å²) < 4.78 is 13.0. The van der Waals surface area contributed by atoms with Crippen molar-refractivity contribution in [3.8, 4) is 11.3 Å². The molecule has 0 aromatic carbocycles. The Hall–Kier alpha value is -1.74. The molecule has 2 aliphatic rings. The van der Waals surface area contributed by atoms with Crippen molar-refractivity contribution in [2.75, 3.05) is 31.1 Å². The van der Waals surface area contributed by atoms with Crippen molar-refractivity contribution in [1.82, 2.24) is 19.2 Å². The number of pyridine rings is 1. The third-order valence-electron chi connectivity index (χ3n) is 7.18. The van der Waals surface area contributed by atoms with Crippen LogP contribution in [-0.2, 0) is 11.5 Å². The molecule has 2 fully saturated rings. The number of hydrogen-bond donors (Lipinski definition) is 1. The lowest BCUT2D eigenvalue weighted by molar-refractivity contribution is 0.0899. The summed E-state index contributed by atoms with van der Waals surface area (Å²) in [5, 5.41) is 7.16. The molecular weight excluding hydrogens is 446 g/mol. The number of nitrogens with one attached hydrogen (secondary N) is 1. The summed E-state index contributed by atoms with van der Waals surface area (Å²) in [5.41, 5.74) is 4.74. The molecule has 0 saturated carbocycles. The van der Waals surface area contributed by atoms with Gasteiger partial charge in [-0.15, -0.1) is 0 Å². The van der Waals surface area contributed by atoms with Crippen molar-refractivity contribution >= 4 is 36.3 Å². The fourth-order valence-electron chi connectivity index (χ4n) is 5.36. The number of ether oxygens (including phenoxy) is 1. The van der Waals surface area contributed by atoms with Crippen LogP contribution in [-0.4, -0.2) is 53.8 Å². The Morgan fingerprint density at radius 1 is 1.18 bits per heavy atom. The van der Waals surface area contributed by atoms with E-state index in [0.717, 1.165) is 37.6 Å². The largest absolute Gasteiger partial charge is 0.369 e. The van der Waals surface area contributed by atoms with Gasteiger partial charge in [0.1, 0.15) is 12.4 Å². The SMILES string of the molecule is C[Si](C)(C)CCOCn1cc(-c2ccsn2)c2c(N3CCC[C@@]4(CCCCN4)C3)ccnc21. The summed E-state index contributed by atoms with van der Waals surface area (Å²) in [6.07, 6.45) is 10.6. The van der Waals surface area contributed by atoms with Gasteiger partial charge in [0, 0.05) is 56.6 Å². The molecule has 3 aromatic heterocycles. The van der Waals surface area contributed by atoms with Crippen molar-refractivity contribution in [3.63, 3.8) is 0 Å². The van der Waals surface area contributed by atoms with E-state index in [-0.39, 0.29) is 5.54 Å². The standard InChI is InChI=1S/C25H37N5OSSi/c1-33(2,3)16-14-31-19-30-17-20(21-8-15-32-28-21)23-22(7-12-26-24(23)30)29-13-6-10-25(18-29)9-4-5-11-27-25/h7-8,12,15,17,27H,4-6,9-11,13-14,16,18-19H2,1-3H3/t25-/m0/s1. The van der Waals surface area contributed by atoms with E-state index >= 15 is 0 Å². The Morgan fingerprint density at radius 2 is 2.06 bits per heavy atom. The van der Waals surface area contributed by atoms with Crippen LogP contribution < -0.4 is 10.2 Å². The van der Waals surface area contributed by atoms with Crippen LogP contribution in [0.1, 0.15) is 32.1 Å². The summed E-state index contributed by atoms with van der Waals surface area (Å²) in [5.74, 6) is 0. The second-order valence-corrected chi connectivity index (χ2v) is 17.3. The van der Waals surface area contributed by atoms with E-state index in [4.69, 9.17) is 9.72 Å². The van der Waals surface area contributed by atoms with Gasteiger partial charge in [-0.3, -0.25) is 0 Å². The number of nitrogens with zero attached hydrogens (tertiary/aromatic N) is 4. The zero-order chi connectivity index (χ0) is 22.9. The zero-order valence-corrected chi connectivity index (χ0v) is 22.1. The minimum absolute atomic E-state index is 0.259. The first kappa shape index (κ1) is 23.0. The summed E-state index contributed by atoms with van der Waals surface area (Å²) >= 11 is 1.51. The molecule has 0 aliphatic carbocycles. The molecule has 6 nitrogen and oxygen atoms in total. The van der Waals surface area contributed by atoms with Crippen LogP contribution in [0.15, 0.2) is 29.9 Å². The maximum atomic E-state index is 6.13. The van der Waals surface area contributed by atoms with Crippen LogP contribution in [0.4, 0.5) is 5.69 Å². The van der Waals surface area contributed by atoms with Gasteiger partial charge in [0.2, 0.25) is 0 Å². The predicted octanol–water partition coefficient (Wildman–Crippen LogP) is 5.58. The second-order valence-electron chi connectivity index (χ2n) is 11.0. The fourth-order valence-corrected chi connectivity index (χ4v) is 6.64. The smallest absolute Gasteiger partial charge is 0.144 e. The Balaban J connectivity index is 1.48. The van der Waals surface area contributed by atoms with Gasteiger partial charge >= 0.3 is 0 Å². The highest BCUT2D eigenvalue weighted by molar-refractivity contribution is 7.03. The molecule has 3 aromatic rings. The molecule has 5 heterocycles. The third-order valence-corrected chi connectivity index (χ3v) is 9.44. The lowest BCUT2D eigenvalue weighted by Crippen LogP contribution is -2.59. The highest BCUT2D eigenvalue weighted by Crippen LogP contribution is 2.39. The van der Waals surface area contributed by atoms with Crippen molar-refractivity contribution in [2.24, 2.45) is 0 Å². The van der Waals surface area contributed by atoms with E-state index < -0.39 is 8.07 Å². The topological polar surface area (TPSA) is 55.2 Å². The number of aromatic nitrogens is 3. The molecule has 2 aliphatic heterocycles. The highest BCUT2D eigenvalue weighted by Gasteiger charge is 2.37. The molecule has 8 heteroatoms. The summed E-state index contributed by atoms with van der Waals surface area (Å²) in [6.45, 7) is 11.8. The molecule has 0 amide bonds. The average Bonchev–Trinajstić information content (AvgIpc) is 3.45. The lowest BCUT2D eigenvalue weighted by Gasteiger charge is -2.47. The number of hydrogen-bond acceptors (Lipinski definition) is 6. The van der Waals surface area contributed by atoms with Gasteiger partial charge in [0.05, 0.1) is 16.8 Å². The normalized spacial score (nSPS) is 21.8. The molecular formula is C25H37N5OSSi. The van der Waals surface area contributed by atoms with Crippen molar-refractivity contribution in [2.45, 2.75) is 70.1 Å². The van der Waals surface area contributed by atoms with E-state index in [1.54, 1.807) is 0 Å². The van der Waals surface area contributed by atoms with Gasteiger partial charge in [0.15, 0.2) is 0 Å². The van der Waals surface area contributed by atoms with Crippen LogP contribution in [0, 0.1) is 0 Å². The first-order valence-electron chi connectivity index (χ1n) is 12.4. The molecule has 0 bridgehead atoms. The monoisotopic (exact) mass is 483 g/mol. The molecule has 5 rings (SSSR count). The highest BCUT2D eigenvalue weighted by atomic mass is 32.1. The molecule has 0 radical (unpaired) electrons. The quantitative estimate of drug-likeness (QED) is 0.351. The van der Waals surface area contributed by atoms with Crippen molar-refractivity contribution in [1.29, 1.82) is 0 Å². The van der Waals surface area contributed by atoms with Crippen LogP contribution in [0.5, 0.6) is 0 Å². The van der Waals surface area contributed by atoms with Gasteiger partial charge in [-0.05, 0) is 61.9 Å². The minimum atomic E-state index is -1.11. The predicted molar refractivity (Wildman–Crippen MR) is 141 cm³/mol. The molecule has 33 heavy (non-hydrogen) atoms. The van der Waals surface area contributed by atoms with E-state index in [1.807, 2.05) is 6.20 Å². The Kier molecular flexibility index (Phi) is 6.62. The molecule has 1 N–H and O–H groups in total. The first-order valence-corrected chi connectivity index (χ1v) is 16.9. The van der Waals surface area contributed by atoms with Gasteiger partial charge < -0.3 is 19.5 Å². The van der Waals surface area contributed by atoms with Gasteiger partial charge in [-0.2, -0.15) is 4.37 Å². The number of rotatable bonds is 7. The Bertz CT molecular complexity index is 1060. The van der Waals surface area contributed by atoms with Crippen LogP contribution in [0.25, 0.3) is 22.3 Å². The number of piperidine rings is 2. The van der Waals surface area contributed by atoms with Crippen LogP contribution in [0.3, 0.4) is 0 Å². The maximum Gasteiger partial charge on any atom is 0.144 e. The van der Waals surface area contributed by atoms with Crippen molar-refractivity contribution < 1.29 is 4.74 Å². The molecule has 0 unspecified atom stereocenters. The van der Waals surface area contributed by atoms with E-state index in [1.165, 1.54) is 66.3 Å². The van der Waals surface area contributed by atoms with E-state index in [2.05, 4.69) is 62.5 Å². The van der Waals surface area contributed by atoms with Crippen molar-refractivity contribution in [3.05, 3.63) is 29.9 Å². The molecule has 1 atom stereocenters. The van der Waals surface area contributed by atoms with Gasteiger partial charge in [0.25, 0.3) is 0 Å². The zero-order valence-electron chi connectivity index (χ0n) is 20.3. The van der Waals surface area contributed by atoms with E-state index in [9.17, 15) is 0 Å².